The molecule has 0 spiro atoms. The molecule has 0 radical (unpaired) electrons. The van der Waals surface area contributed by atoms with Gasteiger partial charge in [-0.05, 0) is 34.6 Å². The van der Waals surface area contributed by atoms with E-state index in [2.05, 4.69) is 0 Å². The quantitative estimate of drug-likeness (QED) is 0.811. The van der Waals surface area contributed by atoms with E-state index in [1.165, 1.54) is 11.2 Å². The molecular weight excluding hydrogens is 242 g/mol. The van der Waals surface area contributed by atoms with Crippen LogP contribution in [0.15, 0.2) is 0 Å². The highest BCUT2D eigenvalue weighted by molar-refractivity contribution is 7.89. The van der Waals surface area contributed by atoms with Gasteiger partial charge in [-0.1, -0.05) is 0 Å². The first kappa shape index (κ1) is 14.9. The fourth-order valence-corrected chi connectivity index (χ4v) is 3.93. The van der Waals surface area contributed by atoms with Gasteiger partial charge in [0.1, 0.15) is 0 Å². The van der Waals surface area contributed by atoms with Gasteiger partial charge >= 0.3 is 0 Å². The zero-order chi connectivity index (χ0) is 13.5. The zero-order valence-corrected chi connectivity index (χ0v) is 12.0. The monoisotopic (exact) mass is 265 g/mol. The van der Waals surface area contributed by atoms with E-state index in [0.29, 0.717) is 13.1 Å². The Morgan fingerprint density at radius 3 is 2.00 bits per heavy atom. The lowest BCUT2D eigenvalue weighted by Crippen LogP contribution is -2.59. The van der Waals surface area contributed by atoms with Crippen molar-refractivity contribution < 1.29 is 18.3 Å². The highest BCUT2D eigenvalue weighted by Gasteiger charge is 2.43. The smallest absolute Gasteiger partial charge is 0.219 e. The van der Waals surface area contributed by atoms with Crippen LogP contribution in [0.2, 0.25) is 0 Å². The van der Waals surface area contributed by atoms with E-state index in [-0.39, 0.29) is 6.61 Å². The number of aliphatic hydroxyl groups excluding tert-OH is 1. The van der Waals surface area contributed by atoms with Crippen LogP contribution >= 0.6 is 0 Å². The van der Waals surface area contributed by atoms with E-state index >= 15 is 0 Å². The van der Waals surface area contributed by atoms with Crippen molar-refractivity contribution in [3.63, 3.8) is 0 Å². The summed E-state index contributed by atoms with van der Waals surface area (Å²) in [4.78, 5) is 0. The minimum atomic E-state index is -3.45. The lowest BCUT2D eigenvalue weighted by Gasteiger charge is -2.46. The maximum absolute atomic E-state index is 12.2. The highest BCUT2D eigenvalue weighted by atomic mass is 32.2. The van der Waals surface area contributed by atoms with Crippen molar-refractivity contribution in [2.75, 3.05) is 19.7 Å². The number of rotatable bonds is 3. The number of ether oxygens (including phenoxy) is 1. The maximum atomic E-state index is 12.2. The number of hydrogen-bond donors (Lipinski definition) is 1. The molecule has 1 unspecified atom stereocenters. The first-order valence-corrected chi connectivity index (χ1v) is 7.30. The average molecular weight is 265 g/mol. The molecule has 0 aromatic rings. The van der Waals surface area contributed by atoms with E-state index in [1.54, 1.807) is 0 Å². The molecule has 1 N–H and O–H groups in total. The topological polar surface area (TPSA) is 66.8 Å². The molecule has 0 saturated carbocycles. The number of aliphatic hydroxyl groups is 1. The standard InChI is InChI=1S/C11H23NO4S/c1-9(6-13)17(14,15)12-7-10(2,3)16-11(4,5)8-12/h9,13H,6-8H2,1-5H3. The van der Waals surface area contributed by atoms with Gasteiger partial charge < -0.3 is 9.84 Å². The van der Waals surface area contributed by atoms with E-state index in [0.717, 1.165) is 0 Å². The fraction of sp³-hybridized carbons (Fsp3) is 1.00. The van der Waals surface area contributed by atoms with Crippen molar-refractivity contribution in [1.29, 1.82) is 0 Å². The van der Waals surface area contributed by atoms with Crippen LogP contribution in [0.3, 0.4) is 0 Å². The summed E-state index contributed by atoms with van der Waals surface area (Å²) >= 11 is 0. The van der Waals surface area contributed by atoms with E-state index in [9.17, 15) is 8.42 Å². The van der Waals surface area contributed by atoms with Crippen LogP contribution in [0, 0.1) is 0 Å². The minimum absolute atomic E-state index is 0.323. The third-order valence-electron chi connectivity index (χ3n) is 2.79. The van der Waals surface area contributed by atoms with Crippen molar-refractivity contribution in [3.05, 3.63) is 0 Å². The second-order valence-electron chi connectivity index (χ2n) is 5.93. The molecule has 0 aromatic heterocycles. The van der Waals surface area contributed by atoms with E-state index < -0.39 is 26.5 Å². The Morgan fingerprint density at radius 2 is 1.65 bits per heavy atom. The van der Waals surface area contributed by atoms with Gasteiger partial charge in [-0.15, -0.1) is 0 Å². The molecule has 1 saturated heterocycles. The Labute approximate surface area is 104 Å². The Hall–Kier alpha value is -0.170. The molecule has 1 aliphatic rings. The van der Waals surface area contributed by atoms with Crippen molar-refractivity contribution in [2.45, 2.75) is 51.1 Å². The minimum Gasteiger partial charge on any atom is -0.395 e. The molecule has 0 amide bonds. The van der Waals surface area contributed by atoms with Crippen LogP contribution in [0.25, 0.3) is 0 Å². The molecule has 1 aliphatic heterocycles. The van der Waals surface area contributed by atoms with Gasteiger partial charge in [-0.25, -0.2) is 8.42 Å². The third-order valence-corrected chi connectivity index (χ3v) is 4.94. The molecule has 102 valence electrons. The zero-order valence-electron chi connectivity index (χ0n) is 11.2. The summed E-state index contributed by atoms with van der Waals surface area (Å²) in [5.41, 5.74) is -1.02. The van der Waals surface area contributed by atoms with Gasteiger partial charge in [0.15, 0.2) is 0 Å². The maximum Gasteiger partial charge on any atom is 0.219 e. The molecular formula is C11H23NO4S. The average Bonchev–Trinajstić information content (AvgIpc) is 2.11. The van der Waals surface area contributed by atoms with Crippen LogP contribution < -0.4 is 0 Å². The Kier molecular flexibility index (Phi) is 3.94. The fourth-order valence-electron chi connectivity index (χ4n) is 2.25. The van der Waals surface area contributed by atoms with Crippen molar-refractivity contribution in [3.8, 4) is 0 Å². The molecule has 5 nitrogen and oxygen atoms in total. The summed E-state index contributed by atoms with van der Waals surface area (Å²) in [7, 11) is -3.45. The summed E-state index contributed by atoms with van der Waals surface area (Å²) in [5.74, 6) is 0. The van der Waals surface area contributed by atoms with Gasteiger partial charge in [0.25, 0.3) is 0 Å². The highest BCUT2D eigenvalue weighted by Crippen LogP contribution is 2.30. The molecule has 1 rings (SSSR count). The largest absolute Gasteiger partial charge is 0.395 e. The van der Waals surface area contributed by atoms with E-state index in [1.807, 2.05) is 27.7 Å². The Bertz CT molecular complexity index is 359. The molecule has 6 heteroatoms. The summed E-state index contributed by atoms with van der Waals surface area (Å²) in [5, 5.41) is 8.25. The summed E-state index contributed by atoms with van der Waals surface area (Å²) in [6, 6.07) is 0. The Balaban J connectivity index is 2.99. The van der Waals surface area contributed by atoms with Crippen LogP contribution in [0.5, 0.6) is 0 Å². The number of nitrogens with zero attached hydrogens (tertiary/aromatic N) is 1. The summed E-state index contributed by atoms with van der Waals surface area (Å²) in [6.45, 7) is 9.30. The van der Waals surface area contributed by atoms with Crippen LogP contribution in [0.1, 0.15) is 34.6 Å². The molecule has 17 heavy (non-hydrogen) atoms. The van der Waals surface area contributed by atoms with Gasteiger partial charge in [0, 0.05) is 13.1 Å². The lowest BCUT2D eigenvalue weighted by atomic mass is 10.0. The van der Waals surface area contributed by atoms with Crippen LogP contribution in [0.4, 0.5) is 0 Å². The number of morpholine rings is 1. The third kappa shape index (κ3) is 3.40. The van der Waals surface area contributed by atoms with Crippen molar-refractivity contribution in [1.82, 2.24) is 4.31 Å². The molecule has 1 atom stereocenters. The molecule has 0 aliphatic carbocycles. The summed E-state index contributed by atoms with van der Waals surface area (Å²) in [6.07, 6.45) is 0. The van der Waals surface area contributed by atoms with Crippen molar-refractivity contribution >= 4 is 10.0 Å². The number of sulfonamides is 1. The molecule has 0 aromatic carbocycles. The second-order valence-corrected chi connectivity index (χ2v) is 8.28. The molecule has 1 fully saturated rings. The first-order chi connectivity index (χ1) is 7.50. The molecule has 1 heterocycles. The van der Waals surface area contributed by atoms with Gasteiger partial charge in [-0.3, -0.25) is 0 Å². The van der Waals surface area contributed by atoms with Crippen LogP contribution in [-0.4, -0.2) is 54.0 Å². The van der Waals surface area contributed by atoms with Crippen LogP contribution in [-0.2, 0) is 14.8 Å². The normalized spacial score (nSPS) is 26.7. The first-order valence-electron chi connectivity index (χ1n) is 5.80. The van der Waals surface area contributed by atoms with Gasteiger partial charge in [0.05, 0.1) is 23.1 Å². The SMILES string of the molecule is CC(CO)S(=O)(=O)N1CC(C)(C)OC(C)(C)C1. The van der Waals surface area contributed by atoms with Gasteiger partial charge in [-0.2, -0.15) is 4.31 Å². The number of hydrogen-bond acceptors (Lipinski definition) is 4. The lowest BCUT2D eigenvalue weighted by molar-refractivity contribution is -0.164. The second kappa shape index (κ2) is 4.50. The van der Waals surface area contributed by atoms with E-state index in [4.69, 9.17) is 9.84 Å². The predicted molar refractivity (Wildman–Crippen MR) is 66.3 cm³/mol. The summed E-state index contributed by atoms with van der Waals surface area (Å²) < 4.78 is 31.7. The Morgan fingerprint density at radius 1 is 1.24 bits per heavy atom. The predicted octanol–water partition coefficient (Wildman–Crippen LogP) is 0.586. The molecule has 0 bridgehead atoms. The van der Waals surface area contributed by atoms with Gasteiger partial charge in [0.2, 0.25) is 10.0 Å². The van der Waals surface area contributed by atoms with Crippen molar-refractivity contribution in [2.24, 2.45) is 0 Å².